The number of aromatic nitrogens is 2. The highest BCUT2D eigenvalue weighted by molar-refractivity contribution is 7.92. The maximum absolute atomic E-state index is 12.6. The number of sulfonamides is 1. The molecule has 2 heterocycles. The fourth-order valence-electron chi connectivity index (χ4n) is 3.17. The number of benzene rings is 2. The second-order valence-corrected chi connectivity index (χ2v) is 8.61. The van der Waals surface area contributed by atoms with Crippen LogP contribution in [0.5, 0.6) is 0 Å². The van der Waals surface area contributed by atoms with Gasteiger partial charge in [-0.25, -0.2) is 23.1 Å². The third-order valence-electron chi connectivity index (χ3n) is 4.71. The average Bonchev–Trinajstić information content (AvgIpc) is 2.94. The number of hydrogen-bond acceptors (Lipinski definition) is 6. The van der Waals surface area contributed by atoms with E-state index in [0.717, 1.165) is 17.7 Å². The summed E-state index contributed by atoms with van der Waals surface area (Å²) in [6.07, 6.45) is 4.75. The SMILES string of the molecule is O=C1CCCc2cc(C(=O)Nc3ccc(S(=O)(=O)Nc4ncccn4)cc3)ccc2N1. The summed E-state index contributed by atoms with van der Waals surface area (Å²) in [7, 11) is -3.85. The van der Waals surface area contributed by atoms with Crippen LogP contribution in [0.1, 0.15) is 28.8 Å². The monoisotopic (exact) mass is 437 g/mol. The molecule has 0 atom stereocenters. The van der Waals surface area contributed by atoms with Gasteiger partial charge in [0, 0.05) is 35.8 Å². The zero-order chi connectivity index (χ0) is 21.8. The van der Waals surface area contributed by atoms with Gasteiger partial charge in [0.25, 0.3) is 15.9 Å². The second kappa shape index (κ2) is 8.52. The van der Waals surface area contributed by atoms with E-state index in [-0.39, 0.29) is 22.7 Å². The van der Waals surface area contributed by atoms with Crippen molar-refractivity contribution in [2.24, 2.45) is 0 Å². The first kappa shape index (κ1) is 20.5. The first-order valence-electron chi connectivity index (χ1n) is 9.55. The number of amides is 2. The molecule has 3 N–H and O–H groups in total. The third kappa shape index (κ3) is 4.86. The molecule has 0 saturated carbocycles. The van der Waals surface area contributed by atoms with Crippen LogP contribution in [0.15, 0.2) is 65.8 Å². The van der Waals surface area contributed by atoms with E-state index >= 15 is 0 Å². The molecule has 31 heavy (non-hydrogen) atoms. The molecule has 10 heteroatoms. The predicted octanol–water partition coefficient (Wildman–Crippen LogP) is 2.80. The summed E-state index contributed by atoms with van der Waals surface area (Å²) in [5, 5.41) is 5.59. The smallest absolute Gasteiger partial charge is 0.264 e. The fourth-order valence-corrected chi connectivity index (χ4v) is 4.13. The summed E-state index contributed by atoms with van der Waals surface area (Å²) in [6, 6.07) is 12.5. The molecule has 9 nitrogen and oxygen atoms in total. The quantitative estimate of drug-likeness (QED) is 0.563. The minimum Gasteiger partial charge on any atom is -0.326 e. The van der Waals surface area contributed by atoms with Gasteiger partial charge in [-0.1, -0.05) is 0 Å². The minimum atomic E-state index is -3.85. The predicted molar refractivity (Wildman–Crippen MR) is 115 cm³/mol. The van der Waals surface area contributed by atoms with E-state index in [0.29, 0.717) is 24.1 Å². The van der Waals surface area contributed by atoms with Gasteiger partial charge in [0.15, 0.2) is 0 Å². The van der Waals surface area contributed by atoms with Crippen molar-refractivity contribution in [3.63, 3.8) is 0 Å². The van der Waals surface area contributed by atoms with Crippen LogP contribution >= 0.6 is 0 Å². The van der Waals surface area contributed by atoms with Gasteiger partial charge in [0.1, 0.15) is 0 Å². The van der Waals surface area contributed by atoms with Crippen molar-refractivity contribution < 1.29 is 18.0 Å². The Balaban J connectivity index is 1.46. The van der Waals surface area contributed by atoms with Crippen LogP contribution in [0.25, 0.3) is 0 Å². The number of carbonyl (C=O) groups is 2. The topological polar surface area (TPSA) is 130 Å². The number of anilines is 3. The van der Waals surface area contributed by atoms with E-state index in [2.05, 4.69) is 25.3 Å². The largest absolute Gasteiger partial charge is 0.326 e. The van der Waals surface area contributed by atoms with Gasteiger partial charge in [0.05, 0.1) is 4.90 Å². The molecule has 0 radical (unpaired) electrons. The molecule has 0 bridgehead atoms. The van der Waals surface area contributed by atoms with E-state index < -0.39 is 10.0 Å². The highest BCUT2D eigenvalue weighted by Crippen LogP contribution is 2.24. The lowest BCUT2D eigenvalue weighted by atomic mass is 10.0. The van der Waals surface area contributed by atoms with Crippen LogP contribution in [0.4, 0.5) is 17.3 Å². The molecule has 1 aliphatic rings. The highest BCUT2D eigenvalue weighted by atomic mass is 32.2. The minimum absolute atomic E-state index is 0.0127. The summed E-state index contributed by atoms with van der Waals surface area (Å²) in [6.45, 7) is 0. The molecule has 0 aliphatic carbocycles. The van der Waals surface area contributed by atoms with Crippen LogP contribution in [-0.4, -0.2) is 30.2 Å². The van der Waals surface area contributed by atoms with E-state index in [1.165, 1.54) is 36.7 Å². The molecule has 0 unspecified atom stereocenters. The molecule has 158 valence electrons. The Kier molecular flexibility index (Phi) is 5.63. The number of carbonyl (C=O) groups excluding carboxylic acids is 2. The highest BCUT2D eigenvalue weighted by Gasteiger charge is 2.17. The van der Waals surface area contributed by atoms with Crippen LogP contribution in [0, 0.1) is 0 Å². The molecule has 1 aliphatic heterocycles. The molecule has 4 rings (SSSR count). The van der Waals surface area contributed by atoms with E-state index in [1.54, 1.807) is 24.3 Å². The Morgan fingerprint density at radius 1 is 1.00 bits per heavy atom. The summed E-state index contributed by atoms with van der Waals surface area (Å²) in [4.78, 5) is 32.0. The van der Waals surface area contributed by atoms with Crippen molar-refractivity contribution in [2.45, 2.75) is 24.2 Å². The van der Waals surface area contributed by atoms with Gasteiger partial charge < -0.3 is 10.6 Å². The first-order chi connectivity index (χ1) is 14.9. The standard InChI is InChI=1S/C21H19N5O4S/c27-19-4-1-3-14-13-15(5-10-18(14)25-19)20(28)24-16-6-8-17(9-7-16)31(29,30)26-21-22-11-2-12-23-21/h2,5-13H,1,3-4H2,(H,24,28)(H,25,27)(H,22,23,26). The number of fused-ring (bicyclic) bond motifs is 1. The fraction of sp³-hybridized carbons (Fsp3) is 0.143. The molecule has 2 amide bonds. The molecule has 0 saturated heterocycles. The van der Waals surface area contributed by atoms with Crippen molar-refractivity contribution in [3.8, 4) is 0 Å². The number of nitrogens with zero attached hydrogens (tertiary/aromatic N) is 2. The van der Waals surface area contributed by atoms with E-state index in [9.17, 15) is 18.0 Å². The van der Waals surface area contributed by atoms with Crippen LogP contribution in [0.3, 0.4) is 0 Å². The number of hydrogen-bond donors (Lipinski definition) is 3. The Morgan fingerprint density at radius 3 is 2.48 bits per heavy atom. The van der Waals surface area contributed by atoms with Crippen molar-refractivity contribution in [3.05, 3.63) is 72.1 Å². The molecule has 2 aromatic carbocycles. The lowest BCUT2D eigenvalue weighted by Crippen LogP contribution is -2.15. The van der Waals surface area contributed by atoms with Gasteiger partial charge in [-0.2, -0.15) is 0 Å². The zero-order valence-corrected chi connectivity index (χ0v) is 17.1. The molecular weight excluding hydrogens is 418 g/mol. The molecule has 0 fully saturated rings. The molecule has 1 aromatic heterocycles. The normalized spacial score (nSPS) is 13.5. The summed E-state index contributed by atoms with van der Waals surface area (Å²) < 4.78 is 27.2. The molecule has 0 spiro atoms. The summed E-state index contributed by atoms with van der Waals surface area (Å²) in [5.74, 6) is -0.386. The Labute approximate surface area is 179 Å². The number of rotatable bonds is 5. The van der Waals surface area contributed by atoms with E-state index in [4.69, 9.17) is 0 Å². The van der Waals surface area contributed by atoms with Gasteiger partial charge in [-0.15, -0.1) is 0 Å². The van der Waals surface area contributed by atoms with Crippen molar-refractivity contribution >= 4 is 39.2 Å². The lowest BCUT2D eigenvalue weighted by Gasteiger charge is -2.11. The van der Waals surface area contributed by atoms with Crippen LogP contribution < -0.4 is 15.4 Å². The summed E-state index contributed by atoms with van der Waals surface area (Å²) >= 11 is 0. The van der Waals surface area contributed by atoms with Crippen molar-refractivity contribution in [1.29, 1.82) is 0 Å². The average molecular weight is 437 g/mol. The maximum atomic E-state index is 12.6. The number of aryl methyl sites for hydroxylation is 1. The Bertz CT molecular complexity index is 1230. The number of nitrogens with one attached hydrogen (secondary N) is 3. The van der Waals surface area contributed by atoms with Crippen molar-refractivity contribution in [1.82, 2.24) is 9.97 Å². The van der Waals surface area contributed by atoms with Crippen molar-refractivity contribution in [2.75, 3.05) is 15.4 Å². The van der Waals surface area contributed by atoms with E-state index in [1.807, 2.05) is 0 Å². The maximum Gasteiger partial charge on any atom is 0.264 e. The first-order valence-corrected chi connectivity index (χ1v) is 11.0. The van der Waals surface area contributed by atoms with Gasteiger partial charge in [-0.05, 0) is 66.9 Å². The zero-order valence-electron chi connectivity index (χ0n) is 16.3. The lowest BCUT2D eigenvalue weighted by molar-refractivity contribution is -0.116. The summed E-state index contributed by atoms with van der Waals surface area (Å²) in [5.41, 5.74) is 2.54. The Morgan fingerprint density at radius 2 is 1.74 bits per heavy atom. The molecular formula is C21H19N5O4S. The second-order valence-electron chi connectivity index (χ2n) is 6.93. The Hall–Kier alpha value is -3.79. The molecule has 3 aromatic rings. The third-order valence-corrected chi connectivity index (χ3v) is 6.05. The van der Waals surface area contributed by atoms with Gasteiger partial charge >= 0.3 is 0 Å². The van der Waals surface area contributed by atoms with Gasteiger partial charge in [0.2, 0.25) is 11.9 Å². The van der Waals surface area contributed by atoms with Crippen LogP contribution in [-0.2, 0) is 21.2 Å². The van der Waals surface area contributed by atoms with Gasteiger partial charge in [-0.3, -0.25) is 9.59 Å². The van der Waals surface area contributed by atoms with Crippen LogP contribution in [0.2, 0.25) is 0 Å².